The van der Waals surface area contributed by atoms with Gasteiger partial charge in [0, 0.05) is 48.8 Å². The predicted molar refractivity (Wildman–Crippen MR) is 176 cm³/mol. The highest BCUT2D eigenvalue weighted by Crippen LogP contribution is 2.72. The molecule has 0 saturated carbocycles. The molecule has 3 aliphatic rings. The first-order valence-electron chi connectivity index (χ1n) is 15.9. The van der Waals surface area contributed by atoms with Crippen LogP contribution in [0.3, 0.4) is 0 Å². The van der Waals surface area contributed by atoms with Gasteiger partial charge in [-0.1, -0.05) is 26.0 Å². The van der Waals surface area contributed by atoms with Crippen molar-refractivity contribution in [2.45, 2.75) is 81.9 Å². The van der Waals surface area contributed by atoms with Gasteiger partial charge in [0.05, 0.1) is 29.2 Å². The number of carbonyl (C=O) groups is 3. The van der Waals surface area contributed by atoms with Gasteiger partial charge in [-0.15, -0.1) is 24.9 Å². The van der Waals surface area contributed by atoms with Crippen molar-refractivity contribution in [1.82, 2.24) is 9.80 Å². The topological polar surface area (TPSA) is 84.4 Å². The summed E-state index contributed by atoms with van der Waals surface area (Å²) in [5.41, 5.74) is 1.82. The molecule has 3 fully saturated rings. The summed E-state index contributed by atoms with van der Waals surface area (Å²) in [5.74, 6) is -1.56. The quantitative estimate of drug-likeness (QED) is 0.289. The molecule has 0 radical (unpaired) electrons. The monoisotopic (exact) mass is 610 g/mol. The summed E-state index contributed by atoms with van der Waals surface area (Å²) in [6.07, 6.45) is 6.17. The van der Waals surface area contributed by atoms with Crippen LogP contribution >= 0.6 is 11.8 Å². The van der Waals surface area contributed by atoms with Crippen LogP contribution in [0.1, 0.15) is 60.3 Å². The zero-order valence-corrected chi connectivity index (χ0v) is 27.4. The Morgan fingerprint density at radius 2 is 1.67 bits per heavy atom. The second-order valence-corrected chi connectivity index (χ2v) is 14.1. The summed E-state index contributed by atoms with van der Waals surface area (Å²) in [6, 6.07) is 6.66. The van der Waals surface area contributed by atoms with Crippen molar-refractivity contribution in [1.29, 1.82) is 0 Å². The molecule has 43 heavy (non-hydrogen) atoms. The van der Waals surface area contributed by atoms with E-state index in [2.05, 4.69) is 38.8 Å². The van der Waals surface area contributed by atoms with E-state index in [1.54, 1.807) is 33.7 Å². The summed E-state index contributed by atoms with van der Waals surface area (Å²) in [7, 11) is 0. The van der Waals surface area contributed by atoms with Crippen LogP contribution in [0, 0.1) is 11.8 Å². The van der Waals surface area contributed by atoms with E-state index < -0.39 is 33.4 Å². The number of hydrogen-bond acceptors (Lipinski definition) is 6. The Morgan fingerprint density at radius 3 is 2.21 bits per heavy atom. The maximum absolute atomic E-state index is 14.9. The third-order valence-electron chi connectivity index (χ3n) is 9.81. The van der Waals surface area contributed by atoms with Crippen LogP contribution < -0.4 is 9.80 Å². The molecule has 3 aliphatic heterocycles. The highest BCUT2D eigenvalue weighted by atomic mass is 32.2. The Hall–Kier alpha value is -2.78. The molecule has 3 amide bonds. The second-order valence-electron chi connectivity index (χ2n) is 12.2. The summed E-state index contributed by atoms with van der Waals surface area (Å²) >= 11 is 1.67. The summed E-state index contributed by atoms with van der Waals surface area (Å²) < 4.78 is -1.21. The van der Waals surface area contributed by atoms with Gasteiger partial charge >= 0.3 is 0 Å². The van der Waals surface area contributed by atoms with E-state index in [9.17, 15) is 19.5 Å². The molecule has 3 heterocycles. The lowest BCUT2D eigenvalue weighted by Gasteiger charge is -2.39. The average molecular weight is 611 g/mol. The van der Waals surface area contributed by atoms with Crippen LogP contribution in [-0.4, -0.2) is 93.5 Å². The lowest BCUT2D eigenvalue weighted by atomic mass is 9.66. The number of benzene rings is 1. The zero-order valence-electron chi connectivity index (χ0n) is 26.6. The Labute approximate surface area is 262 Å². The van der Waals surface area contributed by atoms with E-state index in [0.29, 0.717) is 25.9 Å². The fourth-order valence-electron chi connectivity index (χ4n) is 7.77. The van der Waals surface area contributed by atoms with Crippen molar-refractivity contribution in [3.05, 3.63) is 49.6 Å². The van der Waals surface area contributed by atoms with Crippen molar-refractivity contribution in [3.8, 4) is 0 Å². The van der Waals surface area contributed by atoms with E-state index in [-0.39, 0.29) is 30.9 Å². The number of rotatable bonds is 15. The van der Waals surface area contributed by atoms with Gasteiger partial charge in [0.1, 0.15) is 6.04 Å². The standard InChI is InChI=1S/C34H50N4O4S/c1-8-20-36(21-9-2)30(40)27-28-31(41)38(24(11-4)23-39)29(34(28)19-18-33(27,7)43-34)32(42)37(22-10-3)26-16-14-25(15-17-26)35(12-5)13-6/h8,10,14-17,24,27-29,39H,1,3,9,11-13,18-23H2,2,4-7H3/t24-,27-,28-,29?,33+,34?/m0/s1. The minimum absolute atomic E-state index is 0.0308. The summed E-state index contributed by atoms with van der Waals surface area (Å²) in [6.45, 7) is 20.9. The van der Waals surface area contributed by atoms with Crippen molar-refractivity contribution in [3.63, 3.8) is 0 Å². The maximum atomic E-state index is 14.9. The van der Waals surface area contributed by atoms with Crippen LogP contribution in [0.25, 0.3) is 0 Å². The van der Waals surface area contributed by atoms with Gasteiger partial charge in [0.2, 0.25) is 11.8 Å². The molecule has 1 aromatic carbocycles. The molecule has 1 aromatic rings. The molecule has 0 aliphatic carbocycles. The SMILES string of the molecule is C=CCN(CCC)C(=O)[C@@H]1[C@H]2C(=O)N([C@@H](CC)CO)C(C(=O)N(CC=C)c3ccc(N(CC)CC)cc3)C23CC[C@@]1(C)S3. The molecule has 1 N–H and O–H groups in total. The van der Waals surface area contributed by atoms with Gasteiger partial charge in [-0.2, -0.15) is 0 Å². The molecule has 9 heteroatoms. The van der Waals surface area contributed by atoms with Crippen molar-refractivity contribution < 1.29 is 19.5 Å². The third-order valence-corrected chi connectivity index (χ3v) is 11.8. The molecule has 8 nitrogen and oxygen atoms in total. The number of aliphatic hydroxyl groups is 1. The van der Waals surface area contributed by atoms with Crippen LogP contribution in [0.2, 0.25) is 0 Å². The average Bonchev–Trinajstić information content (AvgIpc) is 3.58. The molecule has 2 bridgehead atoms. The summed E-state index contributed by atoms with van der Waals surface area (Å²) in [4.78, 5) is 51.1. The van der Waals surface area contributed by atoms with Gasteiger partial charge < -0.3 is 24.7 Å². The number of amides is 3. The molecule has 4 rings (SSSR count). The largest absolute Gasteiger partial charge is 0.394 e. The van der Waals surface area contributed by atoms with Crippen LogP contribution in [-0.2, 0) is 14.4 Å². The number of likely N-dealkylation sites (tertiary alicyclic amines) is 1. The smallest absolute Gasteiger partial charge is 0.251 e. The van der Waals surface area contributed by atoms with Crippen molar-refractivity contribution in [2.75, 3.05) is 49.1 Å². The number of aliphatic hydroxyl groups excluding tert-OH is 1. The molecular formula is C34H50N4O4S. The number of anilines is 2. The van der Waals surface area contributed by atoms with Gasteiger partial charge in [-0.05, 0) is 70.7 Å². The third kappa shape index (κ3) is 5.52. The first-order valence-corrected chi connectivity index (χ1v) is 16.7. The Morgan fingerprint density at radius 1 is 1.05 bits per heavy atom. The van der Waals surface area contributed by atoms with Crippen molar-refractivity contribution in [2.24, 2.45) is 11.8 Å². The number of thioether (sulfide) groups is 1. The van der Waals surface area contributed by atoms with E-state index >= 15 is 0 Å². The first-order chi connectivity index (χ1) is 20.6. The van der Waals surface area contributed by atoms with E-state index in [1.807, 2.05) is 43.0 Å². The molecule has 0 aromatic heterocycles. The minimum atomic E-state index is -0.798. The van der Waals surface area contributed by atoms with Crippen LogP contribution in [0.5, 0.6) is 0 Å². The zero-order chi connectivity index (χ0) is 31.5. The number of fused-ring (bicyclic) bond motifs is 1. The van der Waals surface area contributed by atoms with E-state index in [1.165, 1.54) is 0 Å². The van der Waals surface area contributed by atoms with Gasteiger partial charge in [0.25, 0.3) is 5.91 Å². The Balaban J connectivity index is 1.80. The summed E-state index contributed by atoms with van der Waals surface area (Å²) in [5, 5.41) is 10.4. The Bertz CT molecular complexity index is 1200. The molecule has 3 saturated heterocycles. The lowest BCUT2D eigenvalue weighted by molar-refractivity contribution is -0.146. The van der Waals surface area contributed by atoms with Gasteiger partial charge in [0.15, 0.2) is 0 Å². The first kappa shape index (κ1) is 33.1. The molecule has 2 unspecified atom stereocenters. The fourth-order valence-corrected chi connectivity index (χ4v) is 10.1. The van der Waals surface area contributed by atoms with Crippen LogP contribution in [0.4, 0.5) is 11.4 Å². The maximum Gasteiger partial charge on any atom is 0.251 e. The number of hydrogen-bond donors (Lipinski definition) is 1. The van der Waals surface area contributed by atoms with Crippen LogP contribution in [0.15, 0.2) is 49.6 Å². The number of carbonyl (C=O) groups excluding carboxylic acids is 3. The molecule has 6 atom stereocenters. The fraction of sp³-hybridized carbons (Fsp3) is 0.618. The second kappa shape index (κ2) is 13.5. The highest BCUT2D eigenvalue weighted by Gasteiger charge is 2.78. The normalized spacial score (nSPS) is 28.0. The number of nitrogens with zero attached hydrogens (tertiary/aromatic N) is 4. The van der Waals surface area contributed by atoms with Gasteiger partial charge in [-0.3, -0.25) is 14.4 Å². The molecule has 1 spiro atoms. The minimum Gasteiger partial charge on any atom is -0.394 e. The molecular weight excluding hydrogens is 560 g/mol. The van der Waals surface area contributed by atoms with E-state index in [0.717, 1.165) is 37.3 Å². The van der Waals surface area contributed by atoms with Gasteiger partial charge in [-0.25, -0.2) is 0 Å². The van der Waals surface area contributed by atoms with Crippen molar-refractivity contribution >= 4 is 40.9 Å². The highest BCUT2D eigenvalue weighted by molar-refractivity contribution is 8.02. The predicted octanol–water partition coefficient (Wildman–Crippen LogP) is 4.73. The Kier molecular flexibility index (Phi) is 10.4. The van der Waals surface area contributed by atoms with E-state index in [4.69, 9.17) is 0 Å². The lowest BCUT2D eigenvalue weighted by Crippen LogP contribution is -2.57. The molecule has 236 valence electrons.